The third-order valence-corrected chi connectivity index (χ3v) is 3.46. The average molecular weight is 284 g/mol. The van der Waals surface area contributed by atoms with Gasteiger partial charge in [-0.2, -0.15) is 0 Å². The smallest absolute Gasteiger partial charge is 0.270 e. The first kappa shape index (κ1) is 13.8. The fourth-order valence-corrected chi connectivity index (χ4v) is 2.32. The molecule has 1 aliphatic heterocycles. The lowest BCUT2D eigenvalue weighted by Crippen LogP contribution is -2.36. The Balaban J connectivity index is 2.14. The molecule has 0 aliphatic carbocycles. The summed E-state index contributed by atoms with van der Waals surface area (Å²) in [6.07, 6.45) is 0.870. The van der Waals surface area contributed by atoms with Gasteiger partial charge in [0.1, 0.15) is 0 Å². The molecule has 6 nitrogen and oxygen atoms in total. The van der Waals surface area contributed by atoms with Gasteiger partial charge in [0, 0.05) is 24.7 Å². The number of carbonyl (C=O) groups is 1. The van der Waals surface area contributed by atoms with Crippen LogP contribution in [-0.4, -0.2) is 41.9 Å². The second kappa shape index (κ2) is 5.54. The SMILES string of the molecule is CN1CCC(NC(=O)c2cc([N+](=O)[O-])ccc2Cl)C1. The lowest BCUT2D eigenvalue weighted by molar-refractivity contribution is -0.384. The van der Waals surface area contributed by atoms with Gasteiger partial charge < -0.3 is 10.2 Å². The van der Waals surface area contributed by atoms with E-state index < -0.39 is 4.92 Å². The van der Waals surface area contributed by atoms with Gasteiger partial charge in [0.25, 0.3) is 11.6 Å². The first-order valence-corrected chi connectivity index (χ1v) is 6.28. The number of nitrogens with zero attached hydrogens (tertiary/aromatic N) is 2. The zero-order valence-electron chi connectivity index (χ0n) is 10.4. The van der Waals surface area contributed by atoms with Gasteiger partial charge in [0.2, 0.25) is 0 Å². The lowest BCUT2D eigenvalue weighted by Gasteiger charge is -2.13. The fourth-order valence-electron chi connectivity index (χ4n) is 2.12. The number of nitro benzene ring substituents is 1. The van der Waals surface area contributed by atoms with Crippen LogP contribution in [0.25, 0.3) is 0 Å². The van der Waals surface area contributed by atoms with Crippen molar-refractivity contribution >= 4 is 23.2 Å². The van der Waals surface area contributed by atoms with E-state index >= 15 is 0 Å². The van der Waals surface area contributed by atoms with Crippen molar-refractivity contribution in [2.45, 2.75) is 12.5 Å². The summed E-state index contributed by atoms with van der Waals surface area (Å²) in [6, 6.07) is 3.92. The molecule has 0 radical (unpaired) electrons. The van der Waals surface area contributed by atoms with Gasteiger partial charge in [0.05, 0.1) is 15.5 Å². The fraction of sp³-hybridized carbons (Fsp3) is 0.417. The van der Waals surface area contributed by atoms with Crippen LogP contribution >= 0.6 is 11.6 Å². The minimum absolute atomic E-state index is 0.0628. The molecule has 1 heterocycles. The molecular weight excluding hydrogens is 270 g/mol. The third kappa shape index (κ3) is 3.21. The minimum Gasteiger partial charge on any atom is -0.348 e. The van der Waals surface area contributed by atoms with Crippen molar-refractivity contribution in [1.82, 2.24) is 10.2 Å². The summed E-state index contributed by atoms with van der Waals surface area (Å²) in [6.45, 7) is 1.70. The molecule has 1 unspecified atom stereocenters. The van der Waals surface area contributed by atoms with Gasteiger partial charge >= 0.3 is 0 Å². The molecule has 1 aromatic carbocycles. The van der Waals surface area contributed by atoms with Crippen molar-refractivity contribution in [2.24, 2.45) is 0 Å². The number of likely N-dealkylation sites (N-methyl/N-ethyl adjacent to an activating group) is 1. The molecule has 1 aliphatic rings. The average Bonchev–Trinajstić information content (AvgIpc) is 2.74. The molecule has 1 saturated heterocycles. The quantitative estimate of drug-likeness (QED) is 0.676. The van der Waals surface area contributed by atoms with Crippen LogP contribution in [0.4, 0.5) is 5.69 Å². The molecule has 2 rings (SSSR count). The van der Waals surface area contributed by atoms with Crippen LogP contribution in [0, 0.1) is 10.1 Å². The topological polar surface area (TPSA) is 75.5 Å². The number of amides is 1. The number of non-ortho nitro benzene ring substituents is 1. The van der Waals surface area contributed by atoms with Crippen LogP contribution < -0.4 is 5.32 Å². The number of rotatable bonds is 3. The summed E-state index contributed by atoms with van der Waals surface area (Å²) in [4.78, 5) is 24.3. The van der Waals surface area contributed by atoms with Crippen molar-refractivity contribution in [3.05, 3.63) is 38.9 Å². The van der Waals surface area contributed by atoms with Crippen molar-refractivity contribution < 1.29 is 9.72 Å². The number of nitro groups is 1. The number of hydrogen-bond donors (Lipinski definition) is 1. The van der Waals surface area contributed by atoms with Crippen LogP contribution in [0.1, 0.15) is 16.8 Å². The third-order valence-electron chi connectivity index (χ3n) is 3.13. The van der Waals surface area contributed by atoms with Crippen LogP contribution in [0.5, 0.6) is 0 Å². The second-order valence-electron chi connectivity index (χ2n) is 4.64. The molecule has 1 fully saturated rings. The molecule has 1 amide bonds. The Labute approximate surface area is 115 Å². The number of likely N-dealkylation sites (tertiary alicyclic amines) is 1. The molecule has 1 aromatic rings. The van der Waals surface area contributed by atoms with Crippen LogP contribution in [-0.2, 0) is 0 Å². The molecule has 7 heteroatoms. The van der Waals surface area contributed by atoms with Gasteiger partial charge in [0.15, 0.2) is 0 Å². The Morgan fingerprint density at radius 2 is 2.32 bits per heavy atom. The van der Waals surface area contributed by atoms with E-state index in [9.17, 15) is 14.9 Å². The summed E-state index contributed by atoms with van der Waals surface area (Å²) in [5.41, 5.74) is 0.00325. The zero-order chi connectivity index (χ0) is 14.0. The van der Waals surface area contributed by atoms with Gasteiger partial charge in [-0.05, 0) is 26.1 Å². The van der Waals surface area contributed by atoms with Crippen molar-refractivity contribution in [3.63, 3.8) is 0 Å². The van der Waals surface area contributed by atoms with Gasteiger partial charge in [-0.3, -0.25) is 14.9 Å². The van der Waals surface area contributed by atoms with Crippen LogP contribution in [0.3, 0.4) is 0 Å². The molecule has 0 bridgehead atoms. The van der Waals surface area contributed by atoms with Crippen molar-refractivity contribution in [1.29, 1.82) is 0 Å². The lowest BCUT2D eigenvalue weighted by atomic mass is 10.1. The molecule has 0 aromatic heterocycles. The second-order valence-corrected chi connectivity index (χ2v) is 5.05. The van der Waals surface area contributed by atoms with E-state index in [1.165, 1.54) is 18.2 Å². The predicted octanol–water partition coefficient (Wildman–Crippen LogP) is 1.68. The minimum atomic E-state index is -0.545. The van der Waals surface area contributed by atoms with Crippen molar-refractivity contribution in [2.75, 3.05) is 20.1 Å². The summed E-state index contributed by atoms with van der Waals surface area (Å²) in [7, 11) is 1.98. The standard InChI is InChI=1S/C12H14ClN3O3/c1-15-5-4-8(7-15)14-12(17)10-6-9(16(18)19)2-3-11(10)13/h2-3,6,8H,4-5,7H2,1H3,(H,14,17). The van der Waals surface area contributed by atoms with E-state index in [0.29, 0.717) is 0 Å². The molecule has 19 heavy (non-hydrogen) atoms. The highest BCUT2D eigenvalue weighted by atomic mass is 35.5. The van der Waals surface area contributed by atoms with Gasteiger partial charge in [-0.1, -0.05) is 11.6 Å². The van der Waals surface area contributed by atoms with E-state index in [0.717, 1.165) is 19.5 Å². The maximum absolute atomic E-state index is 12.1. The Morgan fingerprint density at radius 1 is 1.58 bits per heavy atom. The summed E-state index contributed by atoms with van der Waals surface area (Å²) < 4.78 is 0. The highest BCUT2D eigenvalue weighted by Crippen LogP contribution is 2.22. The Bertz CT molecular complexity index is 521. The maximum atomic E-state index is 12.1. The molecular formula is C12H14ClN3O3. The number of carbonyl (C=O) groups excluding carboxylic acids is 1. The Kier molecular flexibility index (Phi) is 4.01. The van der Waals surface area contributed by atoms with E-state index in [-0.39, 0.29) is 28.2 Å². The monoisotopic (exact) mass is 283 g/mol. The summed E-state index contributed by atoms with van der Waals surface area (Å²) in [5.74, 6) is -0.367. The number of benzene rings is 1. The summed E-state index contributed by atoms with van der Waals surface area (Å²) in [5, 5.41) is 13.8. The molecule has 1 atom stereocenters. The normalized spacial score (nSPS) is 19.4. The van der Waals surface area contributed by atoms with E-state index in [2.05, 4.69) is 10.2 Å². The van der Waals surface area contributed by atoms with Gasteiger partial charge in [-0.15, -0.1) is 0 Å². The van der Waals surface area contributed by atoms with Crippen LogP contribution in [0.15, 0.2) is 18.2 Å². The molecule has 0 spiro atoms. The highest BCUT2D eigenvalue weighted by molar-refractivity contribution is 6.33. The van der Waals surface area contributed by atoms with Crippen LogP contribution in [0.2, 0.25) is 5.02 Å². The number of nitrogens with one attached hydrogen (secondary N) is 1. The Hall–Kier alpha value is -1.66. The predicted molar refractivity (Wildman–Crippen MR) is 71.5 cm³/mol. The van der Waals surface area contributed by atoms with E-state index in [1.807, 2.05) is 7.05 Å². The maximum Gasteiger partial charge on any atom is 0.270 e. The first-order chi connectivity index (χ1) is 8.97. The molecule has 1 N–H and O–H groups in total. The van der Waals surface area contributed by atoms with E-state index in [1.54, 1.807) is 0 Å². The van der Waals surface area contributed by atoms with E-state index in [4.69, 9.17) is 11.6 Å². The highest BCUT2D eigenvalue weighted by Gasteiger charge is 2.23. The zero-order valence-corrected chi connectivity index (χ0v) is 11.2. The van der Waals surface area contributed by atoms with Crippen molar-refractivity contribution in [3.8, 4) is 0 Å². The number of hydrogen-bond acceptors (Lipinski definition) is 4. The molecule has 0 saturated carbocycles. The number of halogens is 1. The first-order valence-electron chi connectivity index (χ1n) is 5.90. The molecule has 102 valence electrons. The Morgan fingerprint density at radius 3 is 2.89 bits per heavy atom. The van der Waals surface area contributed by atoms with Gasteiger partial charge in [-0.25, -0.2) is 0 Å². The summed E-state index contributed by atoms with van der Waals surface area (Å²) >= 11 is 5.92. The largest absolute Gasteiger partial charge is 0.348 e.